The molecule has 6 aromatic heterocycles. The van der Waals surface area contributed by atoms with Crippen molar-refractivity contribution in [1.82, 2.24) is 20.3 Å². The molecular formula is C66H71BBr2Cl3N5O5S3. The van der Waals surface area contributed by atoms with Crippen molar-refractivity contribution >= 4 is 146 Å². The Morgan fingerprint density at radius 3 is 1.32 bits per heavy atom. The predicted octanol–water partition coefficient (Wildman–Crippen LogP) is 17.2. The Hall–Kier alpha value is -5.44. The van der Waals surface area contributed by atoms with Gasteiger partial charge in [0.25, 0.3) is 0 Å². The largest absolute Gasteiger partial charge is 0.497 e. The summed E-state index contributed by atoms with van der Waals surface area (Å²) in [6.07, 6.45) is 4.49. The number of fused-ring (bicyclic) bond motifs is 3. The first kappa shape index (κ1) is 70.3. The number of benzene rings is 5. The predicted molar refractivity (Wildman–Crippen MR) is 374 cm³/mol. The number of ether oxygens (including phenoxy) is 3. The Bertz CT molecular complexity index is 3700. The third kappa shape index (κ3) is 21.7. The van der Waals surface area contributed by atoms with Crippen LogP contribution < -0.4 is 30.7 Å². The summed E-state index contributed by atoms with van der Waals surface area (Å²) in [7, 11) is 3.68. The van der Waals surface area contributed by atoms with Crippen molar-refractivity contribution in [2.75, 3.05) is 52.7 Å². The lowest BCUT2D eigenvalue weighted by atomic mass is 9.83. The highest BCUT2D eigenvalue weighted by Crippen LogP contribution is 2.32. The molecule has 0 bridgehead atoms. The van der Waals surface area contributed by atoms with Gasteiger partial charge in [0, 0.05) is 77.0 Å². The number of thiophene rings is 3. The molecule has 5 aromatic carbocycles. The number of nitrogens with one attached hydrogen (secondary N) is 1. The normalized spacial score (nSPS) is 10.4. The van der Waals surface area contributed by atoms with Gasteiger partial charge in [-0.2, -0.15) is 34.0 Å². The van der Waals surface area contributed by atoms with E-state index >= 15 is 0 Å². The van der Waals surface area contributed by atoms with Crippen molar-refractivity contribution in [1.29, 1.82) is 0 Å². The van der Waals surface area contributed by atoms with Crippen molar-refractivity contribution in [3.8, 4) is 39.8 Å². The highest BCUT2D eigenvalue weighted by atomic mass is 79.9. The standard InChI is InChI=1S/C24H23BrN2OS.C16H14ClNOS.C12H11Cl2NO.C8H10BrN.C4H5BO2S.2CH4/c1-28-22-7-4-18-14-19(24(27-23(18)15-22)20-10-13-29-16-20)9-12-26-11-8-17-2-5-21(25)6-3-17;1-19-14-3-2-11-8-12(4-6-17)16(18-15(11)9-14)13-5-7-20-10-13;1-16-10-3-2-8-6-9(4-5-13)12(14)15-11(8)7-10;9-8-3-1-7(2-4-8)5-6-10;6-5(7)4-1-2-8-3-4;;/h2-7,10,13-16,26H,8-9,11-12H2,1H3;2-3,5,7-10H,4,6H2,1H3;2-3,6-7H,4-5H2,1H3;1-4H,5-6,10H2;1-3,6-7H;2*1H4. The second-order valence-corrected chi connectivity index (χ2v) is 23.8. The first-order chi connectivity index (χ1) is 40.4. The summed E-state index contributed by atoms with van der Waals surface area (Å²) in [5, 5.41) is 36.3. The number of hydrogen-bond acceptors (Lipinski definition) is 13. The Balaban J connectivity index is 0.000000207. The molecule has 446 valence electrons. The Labute approximate surface area is 544 Å². The maximum Gasteiger partial charge on any atom is 0.489 e. The number of alkyl halides is 2. The van der Waals surface area contributed by atoms with Crippen LogP contribution in [0.2, 0.25) is 5.15 Å². The molecule has 0 spiro atoms. The van der Waals surface area contributed by atoms with Gasteiger partial charge in [-0.25, -0.2) is 15.0 Å². The van der Waals surface area contributed by atoms with E-state index in [-0.39, 0.29) is 14.9 Å². The maximum atomic E-state index is 8.47. The second-order valence-electron chi connectivity index (χ2n) is 18.5. The van der Waals surface area contributed by atoms with E-state index in [1.54, 1.807) is 60.8 Å². The first-order valence-corrected chi connectivity index (χ1v) is 32.3. The quantitative estimate of drug-likeness (QED) is 0.0284. The van der Waals surface area contributed by atoms with Crippen LogP contribution in [0.25, 0.3) is 55.2 Å². The van der Waals surface area contributed by atoms with E-state index < -0.39 is 7.12 Å². The van der Waals surface area contributed by atoms with Crippen LogP contribution in [-0.4, -0.2) is 84.8 Å². The van der Waals surface area contributed by atoms with Gasteiger partial charge in [-0.05, 0) is 198 Å². The van der Waals surface area contributed by atoms with E-state index in [4.69, 9.17) is 74.8 Å². The third-order valence-electron chi connectivity index (χ3n) is 12.8. The maximum absolute atomic E-state index is 8.47. The summed E-state index contributed by atoms with van der Waals surface area (Å²) in [6, 6.07) is 46.9. The number of pyridine rings is 3. The summed E-state index contributed by atoms with van der Waals surface area (Å²) in [4.78, 5) is 14.1. The average molecular weight is 1390 g/mol. The highest BCUT2D eigenvalue weighted by molar-refractivity contribution is 9.10. The van der Waals surface area contributed by atoms with E-state index in [1.807, 2.05) is 66.7 Å². The van der Waals surface area contributed by atoms with Gasteiger partial charge in [0.2, 0.25) is 0 Å². The number of methoxy groups -OCH3 is 3. The molecule has 0 fully saturated rings. The topological polar surface area (TPSA) is 145 Å². The second kappa shape index (κ2) is 37.3. The van der Waals surface area contributed by atoms with Crippen molar-refractivity contribution in [3.05, 3.63) is 214 Å². The summed E-state index contributed by atoms with van der Waals surface area (Å²) in [5.41, 5.74) is 19.2. The lowest BCUT2D eigenvalue weighted by Crippen LogP contribution is -2.27. The van der Waals surface area contributed by atoms with Gasteiger partial charge in [0.05, 0.1) is 49.3 Å². The zero-order chi connectivity index (χ0) is 58.9. The SMILES string of the molecule is C.C.COc1ccc2cc(CCCl)c(-c3ccsc3)nc2c1.COc1ccc2cc(CCCl)c(Cl)nc2c1.COc1ccc2cc(CCNCCc3ccc(Br)cc3)c(-c3ccsc3)nc2c1.NCCc1ccc(Br)cc1.OB(O)c1ccsc1. The van der Waals surface area contributed by atoms with Gasteiger partial charge >= 0.3 is 7.12 Å². The summed E-state index contributed by atoms with van der Waals surface area (Å²) in [6.45, 7) is 2.62. The molecule has 0 atom stereocenters. The number of aromatic nitrogens is 3. The zero-order valence-corrected chi connectivity index (χ0v) is 53.9. The molecule has 5 N–H and O–H groups in total. The summed E-state index contributed by atoms with van der Waals surface area (Å²) >= 11 is 29.4. The number of hydrogen-bond donors (Lipinski definition) is 4. The molecule has 85 heavy (non-hydrogen) atoms. The van der Waals surface area contributed by atoms with Crippen molar-refractivity contribution in [3.63, 3.8) is 0 Å². The Morgan fingerprint density at radius 1 is 0.506 bits per heavy atom. The number of aryl methyl sites for hydroxylation is 2. The Kier molecular flexibility index (Phi) is 30.9. The lowest BCUT2D eigenvalue weighted by Gasteiger charge is -2.12. The van der Waals surface area contributed by atoms with Gasteiger partial charge < -0.3 is 35.3 Å². The fraction of sp³-hybridized carbons (Fsp3) is 0.227. The van der Waals surface area contributed by atoms with E-state index in [9.17, 15) is 0 Å². The smallest absolute Gasteiger partial charge is 0.489 e. The molecule has 0 aliphatic carbocycles. The molecule has 0 radical (unpaired) electrons. The van der Waals surface area contributed by atoms with Crippen LogP contribution in [0.3, 0.4) is 0 Å². The van der Waals surface area contributed by atoms with Gasteiger partial charge in [-0.15, -0.1) is 23.2 Å². The molecule has 6 heterocycles. The van der Waals surface area contributed by atoms with Crippen LogP contribution in [0.1, 0.15) is 42.7 Å². The third-order valence-corrected chi connectivity index (χ3v) is 16.7. The molecule has 0 amide bonds. The molecule has 0 saturated heterocycles. The fourth-order valence-electron chi connectivity index (χ4n) is 8.46. The van der Waals surface area contributed by atoms with Crippen molar-refractivity contribution in [2.45, 2.75) is 47.0 Å². The van der Waals surface area contributed by atoms with E-state index in [2.05, 4.69) is 130 Å². The van der Waals surface area contributed by atoms with Gasteiger partial charge in [0.15, 0.2) is 0 Å². The molecule has 10 nitrogen and oxygen atoms in total. The number of nitrogens with zero attached hydrogens (tertiary/aromatic N) is 3. The number of nitrogens with two attached hydrogens (primary N) is 1. The molecule has 19 heteroatoms. The van der Waals surface area contributed by atoms with Crippen LogP contribution in [0.15, 0.2) is 181 Å². The molecule has 0 aliphatic heterocycles. The minimum absolute atomic E-state index is 0. The molecule has 0 aliphatic rings. The number of rotatable bonds is 18. The fourth-order valence-corrected chi connectivity index (χ4v) is 11.6. The van der Waals surface area contributed by atoms with Gasteiger partial charge in [0.1, 0.15) is 22.4 Å². The average Bonchev–Trinajstić information content (AvgIpc) is 3.78. The van der Waals surface area contributed by atoms with Gasteiger partial charge in [-0.1, -0.05) is 88.6 Å². The Morgan fingerprint density at radius 2 is 0.918 bits per heavy atom. The van der Waals surface area contributed by atoms with Crippen molar-refractivity contribution < 1.29 is 24.3 Å². The minimum Gasteiger partial charge on any atom is -0.497 e. The highest BCUT2D eigenvalue weighted by Gasteiger charge is 2.13. The van der Waals surface area contributed by atoms with Crippen LogP contribution in [0, 0.1) is 0 Å². The van der Waals surface area contributed by atoms with Crippen LogP contribution >= 0.6 is 101 Å². The first-order valence-electron chi connectivity index (χ1n) is 26.5. The van der Waals surface area contributed by atoms with Crippen LogP contribution in [-0.2, 0) is 32.1 Å². The van der Waals surface area contributed by atoms with Crippen molar-refractivity contribution in [2.24, 2.45) is 5.73 Å². The monoisotopic (exact) mass is 1380 g/mol. The summed E-state index contributed by atoms with van der Waals surface area (Å²) < 4.78 is 18.0. The summed E-state index contributed by atoms with van der Waals surface area (Å²) in [5.74, 6) is 3.58. The number of halogens is 5. The van der Waals surface area contributed by atoms with E-state index in [0.29, 0.717) is 22.4 Å². The molecule has 0 saturated carbocycles. The zero-order valence-electron chi connectivity index (χ0n) is 46.0. The minimum atomic E-state index is -1.30. The molecular weight excluding hydrogens is 1320 g/mol. The van der Waals surface area contributed by atoms with E-state index in [1.165, 1.54) is 39.2 Å². The lowest BCUT2D eigenvalue weighted by molar-refractivity contribution is 0.415. The molecule has 0 unspecified atom stereocenters. The molecule has 11 rings (SSSR count). The van der Waals surface area contributed by atoms with Gasteiger partial charge in [-0.3, -0.25) is 0 Å². The molecule has 11 aromatic rings. The van der Waals surface area contributed by atoms with Crippen LogP contribution in [0.4, 0.5) is 0 Å². The van der Waals surface area contributed by atoms with E-state index in [0.717, 1.165) is 133 Å². The van der Waals surface area contributed by atoms with Crippen LogP contribution in [0.5, 0.6) is 17.2 Å².